The number of halogens is 1. The van der Waals surface area contributed by atoms with E-state index in [1.807, 2.05) is 37.3 Å². The molecule has 0 aliphatic rings. The van der Waals surface area contributed by atoms with Crippen LogP contribution in [0, 0.1) is 0 Å². The Morgan fingerprint density at radius 2 is 2.00 bits per heavy atom. The molecule has 0 saturated carbocycles. The fraction of sp³-hybridized carbons (Fsp3) is 0.300. The number of Topliss-reactive ketones (excluding diaryl/α,β-unsaturated/α-hetero) is 1. The Balaban J connectivity index is 2.66. The molecule has 1 nitrogen and oxygen atoms in total. The molecule has 1 atom stereocenters. The molecule has 0 aromatic heterocycles. The number of carbonyl (C=O) groups is 1. The summed E-state index contributed by atoms with van der Waals surface area (Å²) < 4.78 is 0. The Hall–Kier alpha value is -0.820. The molecule has 0 spiro atoms. The molecule has 0 bridgehead atoms. The van der Waals surface area contributed by atoms with Gasteiger partial charge in [0.25, 0.3) is 0 Å². The zero-order valence-corrected chi connectivity index (χ0v) is 7.71. The van der Waals surface area contributed by atoms with Crippen molar-refractivity contribution in [3.8, 4) is 0 Å². The van der Waals surface area contributed by atoms with Crippen LogP contribution in [-0.2, 0) is 0 Å². The maximum Gasteiger partial charge on any atom is 0.164 e. The van der Waals surface area contributed by atoms with Gasteiger partial charge in [0, 0.05) is 17.4 Å². The summed E-state index contributed by atoms with van der Waals surface area (Å²) in [7, 11) is 0. The third-order valence-electron chi connectivity index (χ3n) is 1.56. The highest BCUT2D eigenvalue weighted by Crippen LogP contribution is 2.08. The van der Waals surface area contributed by atoms with Crippen LogP contribution in [0.15, 0.2) is 30.3 Å². The summed E-state index contributed by atoms with van der Waals surface area (Å²) in [4.78, 5) is 11.4. The summed E-state index contributed by atoms with van der Waals surface area (Å²) in [5.74, 6) is 0.109. The van der Waals surface area contributed by atoms with Gasteiger partial charge in [-0.1, -0.05) is 30.3 Å². The van der Waals surface area contributed by atoms with E-state index < -0.39 is 0 Å². The molecule has 0 N–H and O–H groups in total. The third-order valence-corrected chi connectivity index (χ3v) is 1.72. The molecule has 0 saturated heterocycles. The van der Waals surface area contributed by atoms with Crippen LogP contribution < -0.4 is 0 Å². The molecule has 0 heterocycles. The molecule has 0 amide bonds. The molecule has 2 heteroatoms. The number of ketones is 1. The van der Waals surface area contributed by atoms with Crippen molar-refractivity contribution in [1.82, 2.24) is 0 Å². The first kappa shape index (κ1) is 9.27. The highest BCUT2D eigenvalue weighted by atomic mass is 35.5. The van der Waals surface area contributed by atoms with Gasteiger partial charge >= 0.3 is 0 Å². The van der Waals surface area contributed by atoms with E-state index in [1.165, 1.54) is 0 Å². The van der Waals surface area contributed by atoms with Gasteiger partial charge < -0.3 is 0 Å². The van der Waals surface area contributed by atoms with Crippen molar-refractivity contribution in [2.24, 2.45) is 0 Å². The van der Waals surface area contributed by atoms with Crippen LogP contribution in [0.2, 0.25) is 0 Å². The molecule has 1 aromatic carbocycles. The maximum atomic E-state index is 11.4. The van der Waals surface area contributed by atoms with Gasteiger partial charge in [-0.15, -0.1) is 11.6 Å². The van der Waals surface area contributed by atoms with Gasteiger partial charge in [0.2, 0.25) is 0 Å². The van der Waals surface area contributed by atoms with Gasteiger partial charge in [-0.05, 0) is 6.92 Å². The molecular weight excluding hydrogens is 172 g/mol. The van der Waals surface area contributed by atoms with E-state index in [0.717, 1.165) is 5.56 Å². The van der Waals surface area contributed by atoms with E-state index in [-0.39, 0.29) is 11.2 Å². The summed E-state index contributed by atoms with van der Waals surface area (Å²) in [5, 5.41) is -0.0855. The van der Waals surface area contributed by atoms with E-state index >= 15 is 0 Å². The van der Waals surface area contributed by atoms with E-state index in [4.69, 9.17) is 11.6 Å². The number of benzene rings is 1. The zero-order valence-electron chi connectivity index (χ0n) is 6.96. The van der Waals surface area contributed by atoms with Crippen molar-refractivity contribution in [2.75, 3.05) is 0 Å². The first-order valence-electron chi connectivity index (χ1n) is 3.92. The van der Waals surface area contributed by atoms with Crippen LogP contribution in [0.25, 0.3) is 0 Å². The zero-order chi connectivity index (χ0) is 8.97. The van der Waals surface area contributed by atoms with Gasteiger partial charge in [-0.2, -0.15) is 0 Å². The Bertz CT molecular complexity index is 254. The largest absolute Gasteiger partial charge is 0.294 e. The second-order valence-corrected chi connectivity index (χ2v) is 3.52. The summed E-state index contributed by atoms with van der Waals surface area (Å²) in [5.41, 5.74) is 0.741. The number of alkyl halides is 1. The van der Waals surface area contributed by atoms with Crippen molar-refractivity contribution in [2.45, 2.75) is 18.7 Å². The van der Waals surface area contributed by atoms with E-state index in [0.29, 0.717) is 6.42 Å². The minimum absolute atomic E-state index is 0.0855. The molecule has 1 rings (SSSR count). The number of carbonyl (C=O) groups excluding carboxylic acids is 1. The normalized spacial score (nSPS) is 12.5. The monoisotopic (exact) mass is 182 g/mol. The topological polar surface area (TPSA) is 17.1 Å². The summed E-state index contributed by atoms with van der Waals surface area (Å²) >= 11 is 5.70. The average Bonchev–Trinajstić information content (AvgIpc) is 2.05. The molecule has 0 aliphatic carbocycles. The average molecular weight is 183 g/mol. The summed E-state index contributed by atoms with van der Waals surface area (Å²) in [6.45, 7) is 1.82. The van der Waals surface area contributed by atoms with Crippen LogP contribution in [0.3, 0.4) is 0 Å². The molecular formula is C10H11ClO. The number of hydrogen-bond donors (Lipinski definition) is 0. The predicted molar refractivity (Wildman–Crippen MR) is 50.7 cm³/mol. The molecule has 0 radical (unpaired) electrons. The quantitative estimate of drug-likeness (QED) is 0.519. The lowest BCUT2D eigenvalue weighted by atomic mass is 10.1. The second kappa shape index (κ2) is 4.27. The van der Waals surface area contributed by atoms with Crippen LogP contribution in [-0.4, -0.2) is 11.2 Å². The fourth-order valence-electron chi connectivity index (χ4n) is 0.997. The highest BCUT2D eigenvalue weighted by Gasteiger charge is 2.07. The maximum absolute atomic E-state index is 11.4. The van der Waals surface area contributed by atoms with Crippen LogP contribution in [0.1, 0.15) is 23.7 Å². The van der Waals surface area contributed by atoms with Crippen molar-refractivity contribution in [3.63, 3.8) is 0 Å². The molecule has 1 unspecified atom stereocenters. The lowest BCUT2D eigenvalue weighted by Crippen LogP contribution is -2.04. The van der Waals surface area contributed by atoms with E-state index in [1.54, 1.807) is 0 Å². The van der Waals surface area contributed by atoms with Crippen LogP contribution in [0.5, 0.6) is 0 Å². The standard InChI is InChI=1S/C10H11ClO/c1-8(11)7-10(12)9-5-3-2-4-6-9/h2-6,8H,7H2,1H3. The third kappa shape index (κ3) is 2.67. The lowest BCUT2D eigenvalue weighted by Gasteiger charge is -2.01. The smallest absolute Gasteiger partial charge is 0.164 e. The lowest BCUT2D eigenvalue weighted by molar-refractivity contribution is 0.0983. The molecule has 0 fully saturated rings. The van der Waals surface area contributed by atoms with E-state index in [2.05, 4.69) is 0 Å². The van der Waals surface area contributed by atoms with Crippen LogP contribution >= 0.6 is 11.6 Å². The Morgan fingerprint density at radius 3 is 2.50 bits per heavy atom. The first-order valence-corrected chi connectivity index (χ1v) is 4.36. The fourth-order valence-corrected chi connectivity index (χ4v) is 1.14. The minimum atomic E-state index is -0.0855. The number of hydrogen-bond acceptors (Lipinski definition) is 1. The van der Waals surface area contributed by atoms with Gasteiger partial charge in [0.05, 0.1) is 0 Å². The number of rotatable bonds is 3. The Labute approximate surface area is 77.4 Å². The van der Waals surface area contributed by atoms with Crippen molar-refractivity contribution >= 4 is 17.4 Å². The Kier molecular flexibility index (Phi) is 3.30. The predicted octanol–water partition coefficient (Wildman–Crippen LogP) is 2.89. The van der Waals surface area contributed by atoms with Crippen LogP contribution in [0.4, 0.5) is 0 Å². The second-order valence-electron chi connectivity index (χ2n) is 2.77. The van der Waals surface area contributed by atoms with Gasteiger partial charge in [0.15, 0.2) is 5.78 Å². The molecule has 1 aromatic rings. The van der Waals surface area contributed by atoms with Crippen molar-refractivity contribution < 1.29 is 4.79 Å². The Morgan fingerprint density at radius 1 is 1.42 bits per heavy atom. The molecule has 64 valence electrons. The first-order chi connectivity index (χ1) is 5.70. The summed E-state index contributed by atoms with van der Waals surface area (Å²) in [6.07, 6.45) is 0.408. The van der Waals surface area contributed by atoms with Gasteiger partial charge in [-0.3, -0.25) is 4.79 Å². The SMILES string of the molecule is CC(Cl)CC(=O)c1ccccc1. The molecule has 0 aliphatic heterocycles. The summed E-state index contributed by atoms with van der Waals surface area (Å²) in [6, 6.07) is 9.21. The minimum Gasteiger partial charge on any atom is -0.294 e. The van der Waals surface area contributed by atoms with E-state index in [9.17, 15) is 4.79 Å². The highest BCUT2D eigenvalue weighted by molar-refractivity contribution is 6.22. The molecule has 12 heavy (non-hydrogen) atoms. The van der Waals surface area contributed by atoms with Crippen molar-refractivity contribution in [1.29, 1.82) is 0 Å². The van der Waals surface area contributed by atoms with Gasteiger partial charge in [-0.25, -0.2) is 0 Å². The van der Waals surface area contributed by atoms with Gasteiger partial charge in [0.1, 0.15) is 0 Å². The van der Waals surface area contributed by atoms with Crippen molar-refractivity contribution in [3.05, 3.63) is 35.9 Å².